The number of benzene rings is 1. The van der Waals surface area contributed by atoms with Crippen LogP contribution in [-0.2, 0) is 0 Å². The van der Waals surface area contributed by atoms with Gasteiger partial charge in [0.1, 0.15) is 5.65 Å². The van der Waals surface area contributed by atoms with E-state index in [9.17, 15) is 10.1 Å². The van der Waals surface area contributed by atoms with Crippen molar-refractivity contribution >= 4 is 23.1 Å². The van der Waals surface area contributed by atoms with Crippen LogP contribution in [0.25, 0.3) is 27.5 Å². The largest absolute Gasteiger partial charge is 0.313 e. The molecule has 0 saturated carbocycles. The van der Waals surface area contributed by atoms with Crippen molar-refractivity contribution in [3.8, 4) is 17.1 Å². The second-order valence-corrected chi connectivity index (χ2v) is 8.04. The van der Waals surface area contributed by atoms with Crippen LogP contribution in [0.3, 0.4) is 0 Å². The smallest absolute Gasteiger partial charge is 0.269 e. The van der Waals surface area contributed by atoms with Gasteiger partial charge >= 0.3 is 0 Å². The first-order valence-corrected chi connectivity index (χ1v) is 10.1. The number of rotatable bonds is 2. The molecule has 4 aromatic rings. The molecule has 0 N–H and O–H groups in total. The number of hydrogen-bond donors (Lipinski definition) is 0. The van der Waals surface area contributed by atoms with Gasteiger partial charge in [0.05, 0.1) is 5.69 Å². The van der Waals surface area contributed by atoms with Crippen LogP contribution < -0.4 is 5.56 Å². The quantitative estimate of drug-likeness (QED) is 0.481. The third-order valence-electron chi connectivity index (χ3n) is 6.06. The Morgan fingerprint density at radius 3 is 2.90 bits per heavy atom. The van der Waals surface area contributed by atoms with Crippen molar-refractivity contribution in [1.82, 2.24) is 14.0 Å². The molecule has 0 spiro atoms. The second-order valence-electron chi connectivity index (χ2n) is 8.04. The summed E-state index contributed by atoms with van der Waals surface area (Å²) < 4.78 is 3.87. The molecule has 5 nitrogen and oxygen atoms in total. The molecule has 6 heteroatoms. The summed E-state index contributed by atoms with van der Waals surface area (Å²) in [6, 6.07) is 12.2. The van der Waals surface area contributed by atoms with Gasteiger partial charge in [-0.2, -0.15) is 0 Å². The number of nitrogens with zero attached hydrogens (tertiary/aromatic N) is 4. The van der Waals surface area contributed by atoms with E-state index in [0.717, 1.165) is 58.7 Å². The molecular formula is C23H21BN4O. The van der Waals surface area contributed by atoms with Crippen LogP contribution in [0.4, 0.5) is 0 Å². The van der Waals surface area contributed by atoms with Gasteiger partial charge in [0, 0.05) is 36.0 Å². The summed E-state index contributed by atoms with van der Waals surface area (Å²) in [6.45, 7) is 2.04. The number of aryl methyl sites for hydroxylation is 1. The van der Waals surface area contributed by atoms with Gasteiger partial charge < -0.3 is 8.97 Å². The molecule has 29 heavy (non-hydrogen) atoms. The van der Waals surface area contributed by atoms with Crippen LogP contribution in [0.5, 0.6) is 0 Å². The van der Waals surface area contributed by atoms with E-state index in [1.54, 1.807) is 0 Å². The highest BCUT2D eigenvalue weighted by Crippen LogP contribution is 2.29. The first-order valence-electron chi connectivity index (χ1n) is 10.1. The van der Waals surface area contributed by atoms with Crippen molar-refractivity contribution in [3.63, 3.8) is 0 Å². The fourth-order valence-corrected chi connectivity index (χ4v) is 4.55. The average molecular weight is 380 g/mol. The highest BCUT2D eigenvalue weighted by molar-refractivity contribution is 6.67. The Morgan fingerprint density at radius 2 is 2.03 bits per heavy atom. The molecule has 142 valence electrons. The summed E-state index contributed by atoms with van der Waals surface area (Å²) in [7, 11) is 0. The lowest BCUT2D eigenvalue weighted by atomic mass is 9.42. The molecular weight excluding hydrogens is 359 g/mol. The minimum absolute atomic E-state index is 0.0401. The molecule has 0 radical (unpaired) electrons. The van der Waals surface area contributed by atoms with E-state index in [2.05, 4.69) is 29.3 Å². The molecule has 1 atom stereocenters. The zero-order chi connectivity index (χ0) is 20.0. The molecule has 1 aromatic carbocycles. The highest BCUT2D eigenvalue weighted by Gasteiger charge is 2.27. The third kappa shape index (κ3) is 3.13. The minimum atomic E-state index is 0.0401. The number of hydrogen-bond acceptors (Lipinski definition) is 3. The van der Waals surface area contributed by atoms with Crippen LogP contribution in [-0.4, -0.2) is 20.7 Å². The van der Waals surface area contributed by atoms with E-state index in [1.807, 2.05) is 52.6 Å². The van der Waals surface area contributed by atoms with Gasteiger partial charge in [-0.25, -0.2) is 10.2 Å². The molecule has 1 saturated heterocycles. The standard InChI is InChI=1S/C23H21BN4O/c1-16-13-27-14-19(5-7-22(27)26-16)17-4-6-21-18(11-17)8-10-28(23(21)29)20-3-2-9-24(12-20)15-25/h4-8,10-11,13-14,20H,2-3,9,12H2,1H3. The summed E-state index contributed by atoms with van der Waals surface area (Å²) >= 11 is 0. The molecule has 3 aromatic heterocycles. The Labute approximate surface area is 169 Å². The van der Waals surface area contributed by atoms with Crippen molar-refractivity contribution in [3.05, 3.63) is 71.0 Å². The summed E-state index contributed by atoms with van der Waals surface area (Å²) in [5.74, 6) is 2.38. The van der Waals surface area contributed by atoms with Crippen molar-refractivity contribution in [2.45, 2.75) is 38.4 Å². The number of pyridine rings is 2. The van der Waals surface area contributed by atoms with Crippen LogP contribution in [0, 0.1) is 18.2 Å². The molecule has 1 aliphatic rings. The summed E-state index contributed by atoms with van der Waals surface area (Å²) in [4.78, 5) is 17.6. The van der Waals surface area contributed by atoms with Crippen molar-refractivity contribution in [2.75, 3.05) is 0 Å². The van der Waals surface area contributed by atoms with Gasteiger partial charge in [0.25, 0.3) is 12.3 Å². The Morgan fingerprint density at radius 1 is 1.17 bits per heavy atom. The lowest BCUT2D eigenvalue weighted by molar-refractivity contribution is 0.469. The van der Waals surface area contributed by atoms with E-state index < -0.39 is 0 Å². The van der Waals surface area contributed by atoms with Crippen molar-refractivity contribution < 1.29 is 0 Å². The molecule has 0 aliphatic carbocycles. The Bertz CT molecular complexity index is 1330. The van der Waals surface area contributed by atoms with E-state index in [4.69, 9.17) is 0 Å². The maximum Gasteiger partial charge on any atom is 0.269 e. The average Bonchev–Trinajstić information content (AvgIpc) is 3.13. The van der Waals surface area contributed by atoms with Gasteiger partial charge in [-0.3, -0.25) is 4.79 Å². The summed E-state index contributed by atoms with van der Waals surface area (Å²) in [5, 5.41) is 10.9. The zero-order valence-corrected chi connectivity index (χ0v) is 16.4. The fraction of sp³-hybridized carbons (Fsp3) is 0.261. The molecule has 0 bridgehead atoms. The summed E-state index contributed by atoms with van der Waals surface area (Å²) in [5.41, 5.74) is 4.12. The van der Waals surface area contributed by atoms with Crippen LogP contribution >= 0.6 is 0 Å². The molecule has 1 aliphatic heterocycles. The highest BCUT2D eigenvalue weighted by atomic mass is 16.1. The summed E-state index contributed by atoms with van der Waals surface area (Å²) in [6.07, 6.45) is 9.67. The van der Waals surface area contributed by atoms with Crippen LogP contribution in [0.1, 0.15) is 24.6 Å². The molecule has 0 amide bonds. The van der Waals surface area contributed by atoms with Gasteiger partial charge in [-0.05, 0) is 66.5 Å². The Hall–Kier alpha value is -3.33. The van der Waals surface area contributed by atoms with Gasteiger partial charge in [0.2, 0.25) is 0 Å². The first kappa shape index (κ1) is 17.8. The number of nitriles is 1. The predicted octanol–water partition coefficient (Wildman–Crippen LogP) is 4.52. The monoisotopic (exact) mass is 380 g/mol. The van der Waals surface area contributed by atoms with Crippen molar-refractivity contribution in [1.29, 1.82) is 5.26 Å². The lowest BCUT2D eigenvalue weighted by Gasteiger charge is -2.25. The minimum Gasteiger partial charge on any atom is -0.313 e. The fourth-order valence-electron chi connectivity index (χ4n) is 4.55. The molecule has 1 fully saturated rings. The van der Waals surface area contributed by atoms with E-state index in [1.165, 1.54) is 0 Å². The lowest BCUT2D eigenvalue weighted by Crippen LogP contribution is -2.30. The van der Waals surface area contributed by atoms with Crippen LogP contribution in [0.2, 0.25) is 12.6 Å². The number of aromatic nitrogens is 3. The SMILES string of the molecule is Cc1cn2cc(-c3ccc4c(=O)n(C5CCCB(C#N)C5)ccc4c3)ccc2n1. The van der Waals surface area contributed by atoms with Crippen molar-refractivity contribution in [2.24, 2.45) is 0 Å². The first-order chi connectivity index (χ1) is 14.1. The molecule has 4 heterocycles. The zero-order valence-electron chi connectivity index (χ0n) is 16.4. The third-order valence-corrected chi connectivity index (χ3v) is 6.06. The van der Waals surface area contributed by atoms with Gasteiger partial charge in [0.15, 0.2) is 0 Å². The van der Waals surface area contributed by atoms with E-state index in [-0.39, 0.29) is 18.3 Å². The van der Waals surface area contributed by atoms with Gasteiger partial charge in [-0.1, -0.05) is 18.8 Å². The molecule has 1 unspecified atom stereocenters. The number of fused-ring (bicyclic) bond motifs is 2. The van der Waals surface area contributed by atoms with Crippen LogP contribution in [0.15, 0.2) is 59.8 Å². The van der Waals surface area contributed by atoms with E-state index in [0.29, 0.717) is 0 Å². The maximum absolute atomic E-state index is 13.1. The second kappa shape index (κ2) is 6.93. The normalized spacial score (nSPS) is 17.0. The number of imidazole rings is 1. The van der Waals surface area contributed by atoms with E-state index >= 15 is 0 Å². The topological polar surface area (TPSA) is 63.1 Å². The molecule has 5 rings (SSSR count). The maximum atomic E-state index is 13.1. The predicted molar refractivity (Wildman–Crippen MR) is 116 cm³/mol. The Balaban J connectivity index is 1.54. The Kier molecular flexibility index (Phi) is 4.24. The van der Waals surface area contributed by atoms with Gasteiger partial charge in [-0.15, -0.1) is 0 Å².